The van der Waals surface area contributed by atoms with E-state index < -0.39 is 15.0 Å². The SMILES string of the molecule is CCCCC[O][V](=[O])([OH])[OH]. The molecule has 0 saturated carbocycles. The Labute approximate surface area is 63.8 Å². The zero-order valence-electron chi connectivity index (χ0n) is 5.99. The van der Waals surface area contributed by atoms with Gasteiger partial charge in [0, 0.05) is 0 Å². The zero-order chi connectivity index (χ0) is 8.04. The van der Waals surface area contributed by atoms with Crippen LogP contribution in [0.1, 0.15) is 26.2 Å². The van der Waals surface area contributed by atoms with E-state index in [0.717, 1.165) is 19.3 Å². The quantitative estimate of drug-likeness (QED) is 0.613. The van der Waals surface area contributed by atoms with Gasteiger partial charge in [0.2, 0.25) is 0 Å². The van der Waals surface area contributed by atoms with Crippen molar-refractivity contribution in [2.45, 2.75) is 26.2 Å². The van der Waals surface area contributed by atoms with Gasteiger partial charge in [-0.05, 0) is 0 Å². The predicted molar refractivity (Wildman–Crippen MR) is 30.6 cm³/mol. The predicted octanol–water partition coefficient (Wildman–Crippen LogP) is 0.422. The van der Waals surface area contributed by atoms with Gasteiger partial charge in [0.15, 0.2) is 0 Å². The van der Waals surface area contributed by atoms with Gasteiger partial charge in [0.25, 0.3) is 0 Å². The van der Waals surface area contributed by atoms with Crippen LogP contribution in [0, 0.1) is 0 Å². The van der Waals surface area contributed by atoms with Gasteiger partial charge in [-0.1, -0.05) is 0 Å². The molecule has 0 aliphatic heterocycles. The van der Waals surface area contributed by atoms with Crippen molar-refractivity contribution < 1.29 is 30.4 Å². The van der Waals surface area contributed by atoms with Crippen LogP contribution < -0.4 is 0 Å². The molecular weight excluding hydrogens is 175 g/mol. The van der Waals surface area contributed by atoms with E-state index in [9.17, 15) is 3.67 Å². The first-order valence-electron chi connectivity index (χ1n) is 3.26. The van der Waals surface area contributed by atoms with Crippen LogP contribution in [0.15, 0.2) is 0 Å². The fourth-order valence-corrected chi connectivity index (χ4v) is 1.11. The topological polar surface area (TPSA) is 66.8 Å². The van der Waals surface area contributed by atoms with Crippen LogP contribution in [0.25, 0.3) is 0 Å². The standard InChI is InChI=1S/C5H11O.2H2O.O.V/c1-2-3-4-5-6;;;;/h2-5H2,1H3;2*1H2;;/q-1;;;;+3/p-2. The normalized spacial score (nSPS) is 11.9. The zero-order valence-corrected chi connectivity index (χ0v) is 7.38. The first kappa shape index (κ1) is 10.3. The molecule has 0 aliphatic rings. The number of hydrogen-bond acceptors (Lipinski definition) is 2. The summed E-state index contributed by atoms with van der Waals surface area (Å²) < 4.78 is 30.9. The molecule has 0 unspecified atom stereocenters. The van der Waals surface area contributed by atoms with Crippen molar-refractivity contribution in [2.75, 3.05) is 6.61 Å². The van der Waals surface area contributed by atoms with Gasteiger partial charge in [-0.15, -0.1) is 0 Å². The molecule has 0 fully saturated rings. The Hall–Kier alpha value is 0.264. The summed E-state index contributed by atoms with van der Waals surface area (Å²) in [7, 11) is 0. The van der Waals surface area contributed by atoms with Crippen LogP contribution in [0.3, 0.4) is 0 Å². The van der Waals surface area contributed by atoms with Crippen molar-refractivity contribution in [3.8, 4) is 0 Å². The maximum atomic E-state index is 10.1. The van der Waals surface area contributed by atoms with Gasteiger partial charge < -0.3 is 0 Å². The summed E-state index contributed by atoms with van der Waals surface area (Å²) >= 11 is -4.76. The summed E-state index contributed by atoms with van der Waals surface area (Å²) in [6, 6.07) is 0. The molecule has 0 aliphatic carbocycles. The molecule has 0 spiro atoms. The minimum absolute atomic E-state index is 0.178. The third-order valence-corrected chi connectivity index (χ3v) is 1.82. The fourth-order valence-electron chi connectivity index (χ4n) is 0.536. The third-order valence-electron chi connectivity index (χ3n) is 1.01. The van der Waals surface area contributed by atoms with E-state index in [1.54, 1.807) is 0 Å². The van der Waals surface area contributed by atoms with E-state index in [1.165, 1.54) is 0 Å². The second-order valence-electron chi connectivity index (χ2n) is 2.03. The van der Waals surface area contributed by atoms with Crippen molar-refractivity contribution in [2.24, 2.45) is 0 Å². The summed E-state index contributed by atoms with van der Waals surface area (Å²) in [6.45, 7) is 2.19. The summed E-state index contributed by atoms with van der Waals surface area (Å²) in [5.41, 5.74) is 0. The van der Waals surface area contributed by atoms with Crippen LogP contribution >= 0.6 is 0 Å². The van der Waals surface area contributed by atoms with Gasteiger partial charge in [-0.25, -0.2) is 0 Å². The number of rotatable bonds is 5. The molecule has 0 heterocycles. The Kier molecular flexibility index (Phi) is 5.12. The van der Waals surface area contributed by atoms with E-state index in [2.05, 4.69) is 3.66 Å². The van der Waals surface area contributed by atoms with Crippen molar-refractivity contribution in [3.63, 3.8) is 0 Å². The first-order valence-corrected chi connectivity index (χ1v) is 5.65. The van der Waals surface area contributed by atoms with Crippen molar-refractivity contribution in [1.82, 2.24) is 0 Å². The number of unbranched alkanes of at least 4 members (excludes halogenated alkanes) is 2. The Morgan fingerprint density at radius 3 is 2.40 bits per heavy atom. The molecule has 0 aromatic heterocycles. The molecule has 0 bridgehead atoms. The Morgan fingerprint density at radius 2 is 2.00 bits per heavy atom. The summed E-state index contributed by atoms with van der Waals surface area (Å²) in [5, 5.41) is 0. The molecule has 4 nitrogen and oxygen atoms in total. The second kappa shape index (κ2) is 4.99. The molecular formula is C5H13O4V. The van der Waals surface area contributed by atoms with Crippen molar-refractivity contribution >= 4 is 0 Å². The second-order valence-corrected chi connectivity index (χ2v) is 3.97. The molecule has 10 heavy (non-hydrogen) atoms. The summed E-state index contributed by atoms with van der Waals surface area (Å²) in [4.78, 5) is 0. The monoisotopic (exact) mass is 188 g/mol. The van der Waals surface area contributed by atoms with Gasteiger partial charge in [0.05, 0.1) is 0 Å². The maximum absolute atomic E-state index is 10.1. The van der Waals surface area contributed by atoms with E-state index >= 15 is 0 Å². The van der Waals surface area contributed by atoms with Crippen molar-refractivity contribution in [3.05, 3.63) is 0 Å². The molecule has 0 saturated heterocycles. The Bertz CT molecular complexity index is 119. The number of hydrogen-bond donors (Lipinski definition) is 2. The van der Waals surface area contributed by atoms with Crippen molar-refractivity contribution in [1.29, 1.82) is 0 Å². The Morgan fingerprint density at radius 1 is 1.40 bits per heavy atom. The van der Waals surface area contributed by atoms with E-state index in [4.69, 9.17) is 8.06 Å². The fraction of sp³-hybridized carbons (Fsp3) is 1.00. The van der Waals surface area contributed by atoms with E-state index in [0.29, 0.717) is 0 Å². The molecule has 0 amide bonds. The molecule has 0 radical (unpaired) electrons. The van der Waals surface area contributed by atoms with Gasteiger partial charge in [-0.2, -0.15) is 0 Å². The molecule has 5 heteroatoms. The summed E-state index contributed by atoms with van der Waals surface area (Å²) in [5.74, 6) is 0. The summed E-state index contributed by atoms with van der Waals surface area (Å²) in [6.07, 6.45) is 2.70. The third kappa shape index (κ3) is 8.26. The van der Waals surface area contributed by atoms with E-state index in [1.807, 2.05) is 6.92 Å². The molecule has 0 atom stereocenters. The van der Waals surface area contributed by atoms with Crippen LogP contribution in [-0.4, -0.2) is 14.7 Å². The molecule has 0 rings (SSSR count). The van der Waals surface area contributed by atoms with Crippen LogP contribution in [0.5, 0.6) is 0 Å². The molecule has 2 N–H and O–H groups in total. The van der Waals surface area contributed by atoms with Gasteiger partial charge >= 0.3 is 63.2 Å². The van der Waals surface area contributed by atoms with E-state index in [-0.39, 0.29) is 6.61 Å². The minimum atomic E-state index is -4.76. The average Bonchev–Trinajstić information content (AvgIpc) is 1.78. The van der Waals surface area contributed by atoms with Crippen LogP contribution in [0.4, 0.5) is 0 Å². The van der Waals surface area contributed by atoms with Gasteiger partial charge in [0.1, 0.15) is 0 Å². The molecule has 0 aromatic carbocycles. The molecule has 62 valence electrons. The van der Waals surface area contributed by atoms with Gasteiger partial charge in [-0.3, -0.25) is 0 Å². The average molecular weight is 188 g/mol. The van der Waals surface area contributed by atoms with Crippen LogP contribution in [-0.2, 0) is 22.4 Å². The van der Waals surface area contributed by atoms with Crippen LogP contribution in [0.2, 0.25) is 0 Å². The first-order chi connectivity index (χ1) is 4.56. The Balaban J connectivity index is 3.13. The molecule has 0 aromatic rings.